The Morgan fingerprint density at radius 3 is 2.85 bits per heavy atom. The average molecular weight is 320 g/mol. The molecule has 0 aliphatic heterocycles. The van der Waals surface area contributed by atoms with Gasteiger partial charge in [0.05, 0.1) is 0 Å². The van der Waals surface area contributed by atoms with E-state index in [1.807, 2.05) is 36.4 Å². The Labute approximate surface area is 123 Å². The summed E-state index contributed by atoms with van der Waals surface area (Å²) in [6.45, 7) is 0. The Hall–Kier alpha value is -2.30. The first kappa shape index (κ1) is 12.7. The van der Waals surface area contributed by atoms with Crippen molar-refractivity contribution in [2.75, 3.05) is 5.73 Å². The van der Waals surface area contributed by atoms with Gasteiger partial charge in [-0.05, 0) is 0 Å². The first-order chi connectivity index (χ1) is 9.76. The van der Waals surface area contributed by atoms with E-state index in [1.54, 1.807) is 6.33 Å². The van der Waals surface area contributed by atoms with Crippen molar-refractivity contribution in [3.8, 4) is 12.3 Å². The molecular formula is C16H11AsN3. The van der Waals surface area contributed by atoms with E-state index in [4.69, 9.17) is 12.2 Å². The number of hydrogen-bond donors (Lipinski definition) is 1. The molecule has 3 rings (SSSR count). The Kier molecular flexibility index (Phi) is 3.41. The summed E-state index contributed by atoms with van der Waals surface area (Å²) in [6.07, 6.45) is 7.05. The minimum atomic E-state index is -0.246. The van der Waals surface area contributed by atoms with Crippen LogP contribution in [0.1, 0.15) is 5.56 Å². The number of nitrogens with two attached hydrogens (primary N) is 1. The Bertz CT molecular complexity index is 821. The van der Waals surface area contributed by atoms with Gasteiger partial charge in [0, 0.05) is 0 Å². The zero-order valence-electron chi connectivity index (χ0n) is 10.6. The van der Waals surface area contributed by atoms with Crippen LogP contribution in [0.2, 0.25) is 0 Å². The zero-order valence-corrected chi connectivity index (χ0v) is 12.5. The number of aromatic nitrogens is 2. The van der Waals surface area contributed by atoms with E-state index in [9.17, 15) is 0 Å². The van der Waals surface area contributed by atoms with Crippen LogP contribution in [-0.4, -0.2) is 25.7 Å². The first-order valence-electron chi connectivity index (χ1n) is 6.05. The normalized spacial score (nSPS) is 10.9. The average Bonchev–Trinajstić information content (AvgIpc) is 2.48. The SMILES string of the molecule is C#Cc1cccc([As]c2ncnc3ccc(N)cc23)c1. The maximum atomic E-state index is 5.86. The topological polar surface area (TPSA) is 51.8 Å². The predicted octanol–water partition coefficient (Wildman–Crippen LogP) is 0.848. The van der Waals surface area contributed by atoms with E-state index in [0.29, 0.717) is 0 Å². The molecule has 1 heterocycles. The third-order valence-electron chi connectivity index (χ3n) is 2.89. The van der Waals surface area contributed by atoms with Crippen molar-refractivity contribution in [2.24, 2.45) is 0 Å². The van der Waals surface area contributed by atoms with Gasteiger partial charge in [-0.2, -0.15) is 0 Å². The molecule has 0 amide bonds. The molecule has 0 unspecified atom stereocenters. The summed E-state index contributed by atoms with van der Waals surface area (Å²) in [5.41, 5.74) is 8.41. The molecule has 0 aliphatic rings. The van der Waals surface area contributed by atoms with Crippen LogP contribution < -0.4 is 14.6 Å². The van der Waals surface area contributed by atoms with Gasteiger partial charge in [-0.15, -0.1) is 0 Å². The number of hydrogen-bond acceptors (Lipinski definition) is 3. The van der Waals surface area contributed by atoms with Crippen LogP contribution in [-0.2, 0) is 0 Å². The van der Waals surface area contributed by atoms with Crippen LogP contribution in [0.25, 0.3) is 10.9 Å². The molecule has 0 fully saturated rings. The second-order valence-electron chi connectivity index (χ2n) is 4.28. The third-order valence-corrected chi connectivity index (χ3v) is 5.20. The fourth-order valence-corrected chi connectivity index (χ4v) is 4.07. The monoisotopic (exact) mass is 320 g/mol. The van der Waals surface area contributed by atoms with Gasteiger partial charge in [-0.1, -0.05) is 0 Å². The Morgan fingerprint density at radius 1 is 1.10 bits per heavy atom. The van der Waals surface area contributed by atoms with Crippen LogP contribution in [0, 0.1) is 12.3 Å². The van der Waals surface area contributed by atoms with Crippen molar-refractivity contribution < 1.29 is 0 Å². The van der Waals surface area contributed by atoms with Gasteiger partial charge in [0.1, 0.15) is 0 Å². The molecule has 4 heteroatoms. The second kappa shape index (κ2) is 5.36. The van der Waals surface area contributed by atoms with Crippen molar-refractivity contribution in [1.82, 2.24) is 9.97 Å². The van der Waals surface area contributed by atoms with Gasteiger partial charge in [-0.25, -0.2) is 0 Å². The van der Waals surface area contributed by atoms with E-state index in [2.05, 4.69) is 22.0 Å². The second-order valence-corrected chi connectivity index (χ2v) is 6.72. The molecule has 3 aromatic rings. The number of terminal acetylenes is 1. The van der Waals surface area contributed by atoms with E-state index < -0.39 is 0 Å². The molecule has 0 bridgehead atoms. The minimum absolute atomic E-state index is 0.246. The number of benzene rings is 2. The molecule has 20 heavy (non-hydrogen) atoms. The summed E-state index contributed by atoms with van der Waals surface area (Å²) < 4.78 is 2.27. The van der Waals surface area contributed by atoms with Gasteiger partial charge in [0.15, 0.2) is 0 Å². The summed E-state index contributed by atoms with van der Waals surface area (Å²) in [6, 6.07) is 13.8. The molecule has 0 spiro atoms. The molecule has 0 saturated heterocycles. The van der Waals surface area contributed by atoms with Crippen molar-refractivity contribution in [2.45, 2.75) is 0 Å². The van der Waals surface area contributed by atoms with E-state index in [0.717, 1.165) is 26.6 Å². The van der Waals surface area contributed by atoms with Crippen LogP contribution in [0.15, 0.2) is 48.8 Å². The Balaban J connectivity index is 2.06. The van der Waals surface area contributed by atoms with Crippen molar-refractivity contribution in [1.29, 1.82) is 0 Å². The summed E-state index contributed by atoms with van der Waals surface area (Å²) >= 11 is -0.246. The maximum absolute atomic E-state index is 5.86. The zero-order chi connectivity index (χ0) is 13.9. The third kappa shape index (κ3) is 2.52. The molecule has 95 valence electrons. The molecule has 0 atom stereocenters. The number of anilines is 1. The summed E-state index contributed by atoms with van der Waals surface area (Å²) in [4.78, 5) is 8.70. The molecule has 2 aromatic carbocycles. The van der Waals surface area contributed by atoms with Gasteiger partial charge in [0.2, 0.25) is 0 Å². The molecule has 2 N–H and O–H groups in total. The van der Waals surface area contributed by atoms with E-state index in [-0.39, 0.29) is 15.8 Å². The predicted molar refractivity (Wildman–Crippen MR) is 83.3 cm³/mol. The molecule has 0 aliphatic carbocycles. The van der Waals surface area contributed by atoms with Gasteiger partial charge in [0.25, 0.3) is 0 Å². The standard InChI is InChI=1S/C16H11AsN3/c1-2-11-4-3-5-12(8-11)17-16-14-9-13(18)6-7-15(14)19-10-20-16/h1,3-10H,18H2. The number of fused-ring (bicyclic) bond motifs is 1. The van der Waals surface area contributed by atoms with Crippen LogP contribution in [0.4, 0.5) is 5.69 Å². The number of nitrogens with zero attached hydrogens (tertiary/aromatic N) is 2. The molecular weight excluding hydrogens is 309 g/mol. The van der Waals surface area contributed by atoms with Gasteiger partial charge < -0.3 is 0 Å². The van der Waals surface area contributed by atoms with Crippen molar-refractivity contribution in [3.05, 3.63) is 54.4 Å². The van der Waals surface area contributed by atoms with Crippen LogP contribution in [0.3, 0.4) is 0 Å². The molecule has 1 aromatic heterocycles. The first-order valence-corrected chi connectivity index (χ1v) is 7.92. The van der Waals surface area contributed by atoms with Gasteiger partial charge >= 0.3 is 124 Å². The summed E-state index contributed by atoms with van der Waals surface area (Å²) in [7, 11) is 0. The van der Waals surface area contributed by atoms with Crippen LogP contribution >= 0.6 is 0 Å². The Morgan fingerprint density at radius 2 is 2.00 bits per heavy atom. The molecule has 3 nitrogen and oxygen atoms in total. The van der Waals surface area contributed by atoms with E-state index in [1.165, 1.54) is 4.35 Å². The summed E-state index contributed by atoms with van der Waals surface area (Å²) in [5.74, 6) is 2.66. The molecule has 0 saturated carbocycles. The van der Waals surface area contributed by atoms with E-state index >= 15 is 0 Å². The quantitative estimate of drug-likeness (QED) is 0.433. The fourth-order valence-electron chi connectivity index (χ4n) is 1.94. The van der Waals surface area contributed by atoms with Crippen LogP contribution in [0.5, 0.6) is 0 Å². The molecule has 1 radical (unpaired) electrons. The van der Waals surface area contributed by atoms with Crippen molar-refractivity contribution in [3.63, 3.8) is 0 Å². The van der Waals surface area contributed by atoms with Gasteiger partial charge in [-0.3, -0.25) is 0 Å². The van der Waals surface area contributed by atoms with Crippen molar-refractivity contribution >= 4 is 41.2 Å². The number of nitrogen functional groups attached to an aromatic ring is 1. The summed E-state index contributed by atoms with van der Waals surface area (Å²) in [5, 5.41) is 1.03. The number of rotatable bonds is 2. The fraction of sp³-hybridized carbons (Fsp3) is 0.